The molecule has 2 rings (SSSR count). The Hall–Kier alpha value is -0.400. The van der Waals surface area contributed by atoms with Crippen LogP contribution in [0.3, 0.4) is 0 Å². The summed E-state index contributed by atoms with van der Waals surface area (Å²) in [5.41, 5.74) is 0. The van der Waals surface area contributed by atoms with Gasteiger partial charge in [0, 0.05) is 19.1 Å². The zero-order valence-corrected chi connectivity index (χ0v) is 13.2. The molecular formula is C12H15Cl2FN2O2S. The third kappa shape index (κ3) is 2.94. The first-order chi connectivity index (χ1) is 9.37. The number of rotatable bonds is 3. The number of hydrogen-bond donors (Lipinski definition) is 1. The molecule has 1 aromatic rings. The van der Waals surface area contributed by atoms with E-state index in [1.807, 2.05) is 0 Å². The summed E-state index contributed by atoms with van der Waals surface area (Å²) < 4.78 is 40.1. The highest BCUT2D eigenvalue weighted by Gasteiger charge is 2.32. The summed E-state index contributed by atoms with van der Waals surface area (Å²) in [6, 6.07) is 2.54. The average molecular weight is 341 g/mol. The minimum absolute atomic E-state index is 0.0921. The number of nitrogens with one attached hydrogen (secondary N) is 1. The summed E-state index contributed by atoms with van der Waals surface area (Å²) in [4.78, 5) is -0.238. The van der Waals surface area contributed by atoms with Crippen molar-refractivity contribution in [2.75, 3.05) is 20.1 Å². The molecular weight excluding hydrogens is 326 g/mol. The highest BCUT2D eigenvalue weighted by atomic mass is 35.5. The van der Waals surface area contributed by atoms with Gasteiger partial charge in [-0.05, 0) is 32.0 Å². The third-order valence-electron chi connectivity index (χ3n) is 3.41. The van der Waals surface area contributed by atoms with E-state index in [0.29, 0.717) is 13.1 Å². The lowest BCUT2D eigenvalue weighted by atomic mass is 10.1. The van der Waals surface area contributed by atoms with Crippen LogP contribution < -0.4 is 5.32 Å². The van der Waals surface area contributed by atoms with Crippen LogP contribution in [-0.2, 0) is 10.0 Å². The van der Waals surface area contributed by atoms with E-state index in [1.54, 1.807) is 7.05 Å². The highest BCUT2D eigenvalue weighted by molar-refractivity contribution is 7.89. The van der Waals surface area contributed by atoms with Crippen molar-refractivity contribution in [1.29, 1.82) is 0 Å². The summed E-state index contributed by atoms with van der Waals surface area (Å²) >= 11 is 11.4. The van der Waals surface area contributed by atoms with Crippen molar-refractivity contribution in [3.05, 3.63) is 28.0 Å². The van der Waals surface area contributed by atoms with Crippen LogP contribution in [0, 0.1) is 5.82 Å². The molecule has 1 saturated heterocycles. The monoisotopic (exact) mass is 340 g/mol. The van der Waals surface area contributed by atoms with E-state index in [2.05, 4.69) is 5.32 Å². The van der Waals surface area contributed by atoms with E-state index < -0.39 is 20.9 Å². The van der Waals surface area contributed by atoms with Gasteiger partial charge >= 0.3 is 0 Å². The Morgan fingerprint density at radius 3 is 2.75 bits per heavy atom. The molecule has 8 heteroatoms. The van der Waals surface area contributed by atoms with Crippen LogP contribution in [0.2, 0.25) is 10.0 Å². The molecule has 1 aromatic carbocycles. The second kappa shape index (κ2) is 6.15. The maximum absolute atomic E-state index is 13.7. The first-order valence-corrected chi connectivity index (χ1v) is 8.38. The predicted molar refractivity (Wildman–Crippen MR) is 77.3 cm³/mol. The molecule has 0 bridgehead atoms. The van der Waals surface area contributed by atoms with Crippen LogP contribution >= 0.6 is 23.2 Å². The van der Waals surface area contributed by atoms with E-state index in [1.165, 1.54) is 16.4 Å². The van der Waals surface area contributed by atoms with E-state index in [9.17, 15) is 12.8 Å². The molecule has 0 spiro atoms. The highest BCUT2D eigenvalue weighted by Crippen LogP contribution is 2.32. The lowest BCUT2D eigenvalue weighted by Crippen LogP contribution is -2.46. The molecule has 0 aliphatic carbocycles. The second-order valence-electron chi connectivity index (χ2n) is 4.66. The van der Waals surface area contributed by atoms with E-state index in [4.69, 9.17) is 23.2 Å². The van der Waals surface area contributed by atoms with Gasteiger partial charge in [-0.15, -0.1) is 0 Å². The standard InChI is InChI=1S/C12H15Cl2FN2O2S/c1-16-8-3-2-6-17(7-8)20(18,19)10-5-4-9(13)12(15)11(10)14/h4-5,8,16H,2-3,6-7H2,1H3. The van der Waals surface area contributed by atoms with E-state index in [0.717, 1.165) is 12.8 Å². The average Bonchev–Trinajstić information content (AvgIpc) is 2.44. The number of likely N-dealkylation sites (N-methyl/N-ethyl adjacent to an activating group) is 1. The summed E-state index contributed by atoms with van der Waals surface area (Å²) in [5, 5.41) is 2.41. The molecule has 0 aromatic heterocycles. The SMILES string of the molecule is CNC1CCCN(S(=O)(=O)c2ccc(Cl)c(F)c2Cl)C1. The lowest BCUT2D eigenvalue weighted by Gasteiger charge is -2.31. The maximum Gasteiger partial charge on any atom is 0.244 e. The van der Waals surface area contributed by atoms with Gasteiger partial charge in [-0.2, -0.15) is 4.31 Å². The van der Waals surface area contributed by atoms with E-state index in [-0.39, 0.29) is 16.0 Å². The van der Waals surface area contributed by atoms with E-state index >= 15 is 0 Å². The number of nitrogens with zero attached hydrogens (tertiary/aromatic N) is 1. The Morgan fingerprint density at radius 2 is 2.10 bits per heavy atom. The number of hydrogen-bond acceptors (Lipinski definition) is 3. The molecule has 4 nitrogen and oxygen atoms in total. The Kier molecular flexibility index (Phi) is 4.92. The topological polar surface area (TPSA) is 49.4 Å². The van der Waals surface area contributed by atoms with Crippen LogP contribution in [0.15, 0.2) is 17.0 Å². The smallest absolute Gasteiger partial charge is 0.244 e. The van der Waals surface area contributed by atoms with Gasteiger partial charge in [0.15, 0.2) is 5.82 Å². The molecule has 1 unspecified atom stereocenters. The Morgan fingerprint density at radius 1 is 1.40 bits per heavy atom. The minimum Gasteiger partial charge on any atom is -0.316 e. The normalized spacial score (nSPS) is 21.1. The summed E-state index contributed by atoms with van der Waals surface area (Å²) in [5.74, 6) is -0.906. The van der Waals surface area contributed by atoms with Gasteiger partial charge in [0.2, 0.25) is 10.0 Å². The number of halogens is 3. The number of benzene rings is 1. The first-order valence-electron chi connectivity index (χ1n) is 6.19. The Labute approximate surface area is 127 Å². The Bertz CT molecular complexity index is 610. The van der Waals surface area contributed by atoms with Crippen molar-refractivity contribution in [2.24, 2.45) is 0 Å². The van der Waals surface area contributed by atoms with Crippen molar-refractivity contribution >= 4 is 33.2 Å². The van der Waals surface area contributed by atoms with Crippen LogP contribution in [-0.4, -0.2) is 38.9 Å². The van der Waals surface area contributed by atoms with Crippen molar-refractivity contribution < 1.29 is 12.8 Å². The summed E-state index contributed by atoms with van der Waals surface area (Å²) in [6.45, 7) is 0.750. The number of piperidine rings is 1. The maximum atomic E-state index is 13.7. The molecule has 1 atom stereocenters. The third-order valence-corrected chi connectivity index (χ3v) is 6.09. The van der Waals surface area contributed by atoms with Gasteiger partial charge in [-0.1, -0.05) is 23.2 Å². The van der Waals surface area contributed by atoms with Gasteiger partial charge in [0.25, 0.3) is 0 Å². The Balaban J connectivity index is 2.38. The lowest BCUT2D eigenvalue weighted by molar-refractivity contribution is 0.293. The van der Waals surface area contributed by atoms with Gasteiger partial charge in [0.1, 0.15) is 4.90 Å². The van der Waals surface area contributed by atoms with Crippen LogP contribution in [0.4, 0.5) is 4.39 Å². The zero-order valence-electron chi connectivity index (χ0n) is 10.9. The molecule has 20 heavy (non-hydrogen) atoms. The van der Waals surface area contributed by atoms with Gasteiger partial charge in [-0.25, -0.2) is 12.8 Å². The minimum atomic E-state index is -3.81. The molecule has 1 aliphatic rings. The fraction of sp³-hybridized carbons (Fsp3) is 0.500. The van der Waals surface area contributed by atoms with Gasteiger partial charge in [-0.3, -0.25) is 0 Å². The fourth-order valence-electron chi connectivity index (χ4n) is 2.24. The quantitative estimate of drug-likeness (QED) is 0.860. The van der Waals surface area contributed by atoms with Gasteiger partial charge in [0.05, 0.1) is 10.0 Å². The molecule has 1 fully saturated rings. The van der Waals surface area contributed by atoms with Crippen molar-refractivity contribution in [2.45, 2.75) is 23.8 Å². The van der Waals surface area contributed by atoms with Crippen molar-refractivity contribution in [1.82, 2.24) is 9.62 Å². The first kappa shape index (κ1) is 16.0. The number of sulfonamides is 1. The molecule has 1 N–H and O–H groups in total. The summed E-state index contributed by atoms with van der Waals surface area (Å²) in [6.07, 6.45) is 1.66. The molecule has 1 heterocycles. The zero-order chi connectivity index (χ0) is 14.9. The van der Waals surface area contributed by atoms with Gasteiger partial charge < -0.3 is 5.32 Å². The second-order valence-corrected chi connectivity index (χ2v) is 7.36. The molecule has 0 saturated carbocycles. The van der Waals surface area contributed by atoms with Crippen LogP contribution in [0.25, 0.3) is 0 Å². The fourth-order valence-corrected chi connectivity index (χ4v) is 4.49. The van der Waals surface area contributed by atoms with Crippen LogP contribution in [0.5, 0.6) is 0 Å². The molecule has 0 radical (unpaired) electrons. The molecule has 1 aliphatic heterocycles. The van der Waals surface area contributed by atoms with Crippen molar-refractivity contribution in [3.8, 4) is 0 Å². The van der Waals surface area contributed by atoms with Crippen molar-refractivity contribution in [3.63, 3.8) is 0 Å². The molecule has 112 valence electrons. The van der Waals surface area contributed by atoms with Crippen LogP contribution in [0.1, 0.15) is 12.8 Å². The predicted octanol–water partition coefficient (Wildman–Crippen LogP) is 2.51. The largest absolute Gasteiger partial charge is 0.316 e. The summed E-state index contributed by atoms with van der Waals surface area (Å²) in [7, 11) is -2.02. The molecule has 0 amide bonds.